The van der Waals surface area contributed by atoms with E-state index in [-0.39, 0.29) is 30.8 Å². The molecule has 0 aromatic heterocycles. The van der Waals surface area contributed by atoms with Crippen molar-refractivity contribution in [3.8, 4) is 0 Å². The number of carbonyl (C=O) groups is 2. The number of nitrogens with zero attached hydrogens (tertiary/aromatic N) is 1. The first kappa shape index (κ1) is 18.4. The van der Waals surface area contributed by atoms with Gasteiger partial charge in [-0.1, -0.05) is 25.1 Å². The molecule has 1 aromatic carbocycles. The lowest BCUT2D eigenvalue weighted by atomic mass is 10.1. The number of nitrogens with two attached hydrogens (primary N) is 1. The highest BCUT2D eigenvalue weighted by atomic mass is 35.5. The van der Waals surface area contributed by atoms with Crippen molar-refractivity contribution < 1.29 is 9.59 Å². The summed E-state index contributed by atoms with van der Waals surface area (Å²) in [5, 5.41) is 2.81. The molecule has 2 amide bonds. The van der Waals surface area contributed by atoms with Gasteiger partial charge >= 0.3 is 0 Å². The van der Waals surface area contributed by atoms with Crippen LogP contribution in [0.3, 0.4) is 0 Å². The topological polar surface area (TPSA) is 75.4 Å². The number of likely N-dealkylation sites (N-methyl/N-ethyl adjacent to an activating group) is 1. The second kappa shape index (κ2) is 8.55. The van der Waals surface area contributed by atoms with Crippen molar-refractivity contribution in [3.05, 3.63) is 29.8 Å². The van der Waals surface area contributed by atoms with Gasteiger partial charge in [0, 0.05) is 12.7 Å². The van der Waals surface area contributed by atoms with Crippen molar-refractivity contribution >= 4 is 29.9 Å². The highest BCUT2D eigenvalue weighted by molar-refractivity contribution is 5.95. The molecule has 112 valence electrons. The molecule has 0 saturated carbocycles. The van der Waals surface area contributed by atoms with E-state index in [0.29, 0.717) is 0 Å². The Morgan fingerprint density at radius 3 is 2.50 bits per heavy atom. The average Bonchev–Trinajstić information content (AvgIpc) is 2.38. The van der Waals surface area contributed by atoms with Crippen molar-refractivity contribution in [1.82, 2.24) is 4.90 Å². The molecule has 0 aliphatic rings. The van der Waals surface area contributed by atoms with Gasteiger partial charge in [-0.05, 0) is 25.0 Å². The van der Waals surface area contributed by atoms with Gasteiger partial charge in [-0.25, -0.2) is 0 Å². The zero-order valence-corrected chi connectivity index (χ0v) is 12.9. The van der Waals surface area contributed by atoms with Gasteiger partial charge in [-0.2, -0.15) is 0 Å². The van der Waals surface area contributed by atoms with Crippen LogP contribution in [0.1, 0.15) is 19.4 Å². The van der Waals surface area contributed by atoms with Gasteiger partial charge in [-0.15, -0.1) is 12.4 Å². The summed E-state index contributed by atoms with van der Waals surface area (Å²) in [6, 6.07) is 7.02. The van der Waals surface area contributed by atoms with Crippen molar-refractivity contribution in [1.29, 1.82) is 0 Å². The lowest BCUT2D eigenvalue weighted by molar-refractivity contribution is -0.134. The molecule has 0 fully saturated rings. The van der Waals surface area contributed by atoms with Crippen molar-refractivity contribution in [3.63, 3.8) is 0 Å². The normalized spacial score (nSPS) is 11.2. The maximum atomic E-state index is 11.9. The maximum Gasteiger partial charge on any atom is 0.243 e. The molecule has 1 rings (SSSR count). The number of carbonyl (C=O) groups excluding carboxylic acids is 2. The summed E-state index contributed by atoms with van der Waals surface area (Å²) in [6.45, 7) is 3.62. The van der Waals surface area contributed by atoms with Crippen LogP contribution in [0.5, 0.6) is 0 Å². The third-order valence-electron chi connectivity index (χ3n) is 2.82. The summed E-state index contributed by atoms with van der Waals surface area (Å²) in [6.07, 6.45) is 0.838. The smallest absolute Gasteiger partial charge is 0.243 e. The van der Waals surface area contributed by atoms with Gasteiger partial charge < -0.3 is 16.0 Å². The SMILES string of the molecule is CCc1ccccc1NC(=O)CN(C)C(=O)[C@@H](C)N.Cl. The van der Waals surface area contributed by atoms with Crippen LogP contribution in [0.15, 0.2) is 24.3 Å². The van der Waals surface area contributed by atoms with E-state index in [0.717, 1.165) is 17.7 Å². The highest BCUT2D eigenvalue weighted by Crippen LogP contribution is 2.15. The standard InChI is InChI=1S/C14H21N3O2.ClH/c1-4-11-7-5-6-8-12(11)16-13(18)9-17(3)14(19)10(2)15;/h5-8,10H,4,9,15H2,1-3H3,(H,16,18);1H/t10-;/m1./s1. The van der Waals surface area contributed by atoms with Gasteiger partial charge in [0.15, 0.2) is 0 Å². The van der Waals surface area contributed by atoms with E-state index >= 15 is 0 Å². The van der Waals surface area contributed by atoms with Crippen molar-refractivity contribution in [2.24, 2.45) is 5.73 Å². The zero-order chi connectivity index (χ0) is 14.4. The Balaban J connectivity index is 0.00000361. The van der Waals surface area contributed by atoms with Crippen LogP contribution in [0, 0.1) is 0 Å². The van der Waals surface area contributed by atoms with Crippen LogP contribution in [0.2, 0.25) is 0 Å². The van der Waals surface area contributed by atoms with E-state index in [1.54, 1.807) is 14.0 Å². The van der Waals surface area contributed by atoms with Crippen LogP contribution in [-0.2, 0) is 16.0 Å². The van der Waals surface area contributed by atoms with E-state index in [9.17, 15) is 9.59 Å². The van der Waals surface area contributed by atoms with Crippen molar-refractivity contribution in [2.75, 3.05) is 18.9 Å². The van der Waals surface area contributed by atoms with Gasteiger partial charge in [-0.3, -0.25) is 9.59 Å². The quantitative estimate of drug-likeness (QED) is 0.863. The van der Waals surface area contributed by atoms with Crippen LogP contribution in [0.4, 0.5) is 5.69 Å². The second-order valence-corrected chi connectivity index (χ2v) is 4.54. The third-order valence-corrected chi connectivity index (χ3v) is 2.82. The van der Waals surface area contributed by atoms with E-state index in [2.05, 4.69) is 5.32 Å². The minimum absolute atomic E-state index is 0. The summed E-state index contributed by atoms with van der Waals surface area (Å²) in [7, 11) is 1.57. The Hall–Kier alpha value is -1.59. The largest absolute Gasteiger partial charge is 0.335 e. The van der Waals surface area contributed by atoms with Gasteiger partial charge in [0.25, 0.3) is 0 Å². The molecule has 0 aliphatic heterocycles. The first-order valence-electron chi connectivity index (χ1n) is 6.34. The number of rotatable bonds is 5. The number of aryl methyl sites for hydroxylation is 1. The lowest BCUT2D eigenvalue weighted by Crippen LogP contribution is -2.43. The van der Waals surface area contributed by atoms with Crippen LogP contribution < -0.4 is 11.1 Å². The molecular weight excluding hydrogens is 278 g/mol. The number of hydrogen-bond acceptors (Lipinski definition) is 3. The first-order valence-corrected chi connectivity index (χ1v) is 6.34. The monoisotopic (exact) mass is 299 g/mol. The Morgan fingerprint density at radius 1 is 1.35 bits per heavy atom. The summed E-state index contributed by atoms with van der Waals surface area (Å²) < 4.78 is 0. The minimum Gasteiger partial charge on any atom is -0.335 e. The zero-order valence-electron chi connectivity index (χ0n) is 12.1. The Kier molecular flexibility index (Phi) is 7.87. The molecule has 0 bridgehead atoms. The molecule has 1 aromatic rings. The van der Waals surface area contributed by atoms with Crippen LogP contribution in [-0.4, -0.2) is 36.3 Å². The number of halogens is 1. The molecule has 0 radical (unpaired) electrons. The minimum atomic E-state index is -0.597. The molecule has 3 N–H and O–H groups in total. The maximum absolute atomic E-state index is 11.9. The van der Waals surface area contributed by atoms with E-state index in [1.165, 1.54) is 4.90 Å². The number of anilines is 1. The van der Waals surface area contributed by atoms with E-state index in [1.807, 2.05) is 31.2 Å². The van der Waals surface area contributed by atoms with Crippen LogP contribution in [0.25, 0.3) is 0 Å². The number of benzene rings is 1. The molecule has 0 heterocycles. The highest BCUT2D eigenvalue weighted by Gasteiger charge is 2.16. The lowest BCUT2D eigenvalue weighted by Gasteiger charge is -2.19. The summed E-state index contributed by atoms with van der Waals surface area (Å²) in [5.74, 6) is -0.476. The predicted molar refractivity (Wildman–Crippen MR) is 83.0 cm³/mol. The van der Waals surface area contributed by atoms with E-state index in [4.69, 9.17) is 5.73 Å². The number of para-hydroxylation sites is 1. The third kappa shape index (κ3) is 5.19. The number of amides is 2. The Labute approximate surface area is 125 Å². The Bertz CT molecular complexity index is 463. The predicted octanol–water partition coefficient (Wildman–Crippen LogP) is 1.41. The van der Waals surface area contributed by atoms with Crippen LogP contribution >= 0.6 is 12.4 Å². The molecule has 1 atom stereocenters. The number of nitrogens with one attached hydrogen (secondary N) is 1. The average molecular weight is 300 g/mol. The fourth-order valence-electron chi connectivity index (χ4n) is 1.78. The van der Waals surface area contributed by atoms with Gasteiger partial charge in [0.1, 0.15) is 0 Å². The molecule has 6 heteroatoms. The summed E-state index contributed by atoms with van der Waals surface area (Å²) in [5.41, 5.74) is 7.34. The summed E-state index contributed by atoms with van der Waals surface area (Å²) in [4.78, 5) is 24.8. The fourth-order valence-corrected chi connectivity index (χ4v) is 1.78. The van der Waals surface area contributed by atoms with Gasteiger partial charge in [0.2, 0.25) is 11.8 Å². The Morgan fingerprint density at radius 2 is 1.95 bits per heavy atom. The molecule has 0 unspecified atom stereocenters. The first-order chi connectivity index (χ1) is 8.95. The van der Waals surface area contributed by atoms with Crippen molar-refractivity contribution in [2.45, 2.75) is 26.3 Å². The molecule has 0 saturated heterocycles. The van der Waals surface area contributed by atoms with E-state index < -0.39 is 6.04 Å². The number of hydrogen-bond donors (Lipinski definition) is 2. The van der Waals surface area contributed by atoms with Gasteiger partial charge in [0.05, 0.1) is 12.6 Å². The summed E-state index contributed by atoms with van der Waals surface area (Å²) >= 11 is 0. The molecule has 20 heavy (non-hydrogen) atoms. The molecular formula is C14H22ClN3O2. The molecule has 0 spiro atoms. The second-order valence-electron chi connectivity index (χ2n) is 4.54. The molecule has 0 aliphatic carbocycles. The fraction of sp³-hybridized carbons (Fsp3) is 0.429. The molecule has 5 nitrogen and oxygen atoms in total.